The van der Waals surface area contributed by atoms with Crippen molar-refractivity contribution in [1.82, 2.24) is 9.80 Å². The van der Waals surface area contributed by atoms with Crippen molar-refractivity contribution >= 4 is 11.6 Å². The molecule has 3 rings (SSSR count). The third-order valence-electron chi connectivity index (χ3n) is 5.21. The lowest BCUT2D eigenvalue weighted by molar-refractivity contribution is -0.126. The number of amides is 1. The summed E-state index contributed by atoms with van der Waals surface area (Å²) in [6.45, 7) is 10.9. The zero-order chi connectivity index (χ0) is 18.0. The third-order valence-corrected chi connectivity index (χ3v) is 5.21. The number of nitrogens with zero attached hydrogens (tertiary/aromatic N) is 3. The van der Waals surface area contributed by atoms with Gasteiger partial charge >= 0.3 is 0 Å². The van der Waals surface area contributed by atoms with Crippen molar-refractivity contribution in [3.63, 3.8) is 0 Å². The van der Waals surface area contributed by atoms with Gasteiger partial charge in [0.25, 0.3) is 0 Å². The van der Waals surface area contributed by atoms with E-state index in [4.69, 9.17) is 0 Å². The molecule has 0 spiro atoms. The van der Waals surface area contributed by atoms with Gasteiger partial charge in [0.2, 0.25) is 5.91 Å². The van der Waals surface area contributed by atoms with Gasteiger partial charge in [0.05, 0.1) is 11.6 Å². The zero-order valence-electron chi connectivity index (χ0n) is 15.7. The maximum absolute atomic E-state index is 13.1. The highest BCUT2D eigenvalue weighted by Gasteiger charge is 2.35. The summed E-state index contributed by atoms with van der Waals surface area (Å²) in [5.41, 5.74) is 1.57. The van der Waals surface area contributed by atoms with E-state index in [1.165, 1.54) is 5.56 Å². The maximum atomic E-state index is 13.1. The Morgan fingerprint density at radius 2 is 1.72 bits per heavy atom. The fourth-order valence-corrected chi connectivity index (χ4v) is 3.96. The number of anilines is 1. The molecule has 1 amide bonds. The van der Waals surface area contributed by atoms with Crippen LogP contribution in [0.4, 0.5) is 5.69 Å². The molecule has 2 aliphatic rings. The Morgan fingerprint density at radius 1 is 1.08 bits per heavy atom. The van der Waals surface area contributed by atoms with E-state index in [0.29, 0.717) is 6.54 Å². The normalized spacial score (nSPS) is 23.9. The highest BCUT2D eigenvalue weighted by molar-refractivity contribution is 5.97. The molecule has 2 fully saturated rings. The van der Waals surface area contributed by atoms with Crippen molar-refractivity contribution in [3.05, 3.63) is 29.8 Å². The predicted octanol–water partition coefficient (Wildman–Crippen LogP) is 1.88. The molecule has 25 heavy (non-hydrogen) atoms. The fraction of sp³-hybridized carbons (Fsp3) is 0.650. The van der Waals surface area contributed by atoms with Crippen LogP contribution in [0.2, 0.25) is 0 Å². The van der Waals surface area contributed by atoms with Gasteiger partial charge in [-0.3, -0.25) is 14.6 Å². The molecule has 0 unspecified atom stereocenters. The molecule has 0 aromatic heterocycles. The molecule has 2 heterocycles. The average Bonchev–Trinajstić information content (AvgIpc) is 2.56. The standard InChI is InChI=1S/C20H31N3O2/c1-16-6-8-17(9-7-16)23-10-4-5-18(19(23)24)22-13-11-21(12-14-22)15-20(2,3)25/h6-9,18,25H,4-5,10-15H2,1-3H3/t18-/m0/s1. The van der Waals surface area contributed by atoms with Crippen molar-refractivity contribution in [2.24, 2.45) is 0 Å². The molecular weight excluding hydrogens is 314 g/mol. The van der Waals surface area contributed by atoms with E-state index in [-0.39, 0.29) is 11.9 Å². The number of β-amino-alcohol motifs (C(OH)–C–C–N with tert-alkyl or cyclic N) is 1. The number of aryl methyl sites for hydroxylation is 1. The van der Waals surface area contributed by atoms with Crippen LogP contribution in [0.25, 0.3) is 0 Å². The van der Waals surface area contributed by atoms with Crippen molar-refractivity contribution in [2.75, 3.05) is 44.2 Å². The molecule has 1 N–H and O–H groups in total. The molecule has 0 aliphatic carbocycles. The van der Waals surface area contributed by atoms with Gasteiger partial charge in [0.15, 0.2) is 0 Å². The minimum atomic E-state index is -0.662. The SMILES string of the molecule is Cc1ccc(N2CCC[C@H](N3CCN(CC(C)(C)O)CC3)C2=O)cc1. The van der Waals surface area contributed by atoms with Crippen molar-refractivity contribution in [2.45, 2.75) is 45.3 Å². The van der Waals surface area contributed by atoms with Gasteiger partial charge in [-0.15, -0.1) is 0 Å². The first kappa shape index (κ1) is 18.4. The van der Waals surface area contributed by atoms with Crippen LogP contribution in [0.15, 0.2) is 24.3 Å². The van der Waals surface area contributed by atoms with Crippen LogP contribution >= 0.6 is 0 Å². The number of carbonyl (C=O) groups excluding carboxylic acids is 1. The summed E-state index contributed by atoms with van der Waals surface area (Å²) in [4.78, 5) is 19.6. The first-order valence-corrected chi connectivity index (χ1v) is 9.40. The van der Waals surface area contributed by atoms with Gasteiger partial charge in [0, 0.05) is 45.0 Å². The Labute approximate surface area is 151 Å². The second-order valence-electron chi connectivity index (χ2n) is 8.11. The van der Waals surface area contributed by atoms with E-state index in [9.17, 15) is 9.90 Å². The van der Waals surface area contributed by atoms with Gasteiger partial charge in [-0.2, -0.15) is 0 Å². The third kappa shape index (κ3) is 4.60. The highest BCUT2D eigenvalue weighted by Crippen LogP contribution is 2.25. The number of piperidine rings is 1. The summed E-state index contributed by atoms with van der Waals surface area (Å²) in [7, 11) is 0. The number of piperazine rings is 1. The Bertz CT molecular complexity index is 586. The second kappa shape index (κ2) is 7.44. The number of hydrogen-bond donors (Lipinski definition) is 1. The van der Waals surface area contributed by atoms with Gasteiger partial charge in [-0.1, -0.05) is 17.7 Å². The van der Waals surface area contributed by atoms with E-state index in [0.717, 1.165) is 51.3 Å². The molecule has 0 radical (unpaired) electrons. The number of hydrogen-bond acceptors (Lipinski definition) is 4. The van der Waals surface area contributed by atoms with Crippen LogP contribution in [-0.2, 0) is 4.79 Å². The lowest BCUT2D eigenvalue weighted by atomic mass is 10.0. The van der Waals surface area contributed by atoms with Crippen LogP contribution in [0.3, 0.4) is 0 Å². The van der Waals surface area contributed by atoms with Crippen molar-refractivity contribution < 1.29 is 9.90 Å². The Morgan fingerprint density at radius 3 is 2.32 bits per heavy atom. The topological polar surface area (TPSA) is 47.0 Å². The molecule has 5 heteroatoms. The van der Waals surface area contributed by atoms with Gasteiger partial charge in [0.1, 0.15) is 0 Å². The first-order valence-electron chi connectivity index (χ1n) is 9.40. The molecule has 1 atom stereocenters. The molecule has 0 bridgehead atoms. The summed E-state index contributed by atoms with van der Waals surface area (Å²) < 4.78 is 0. The van der Waals surface area contributed by atoms with Crippen molar-refractivity contribution in [3.8, 4) is 0 Å². The minimum Gasteiger partial charge on any atom is -0.389 e. The average molecular weight is 345 g/mol. The lowest BCUT2D eigenvalue weighted by Gasteiger charge is -2.43. The van der Waals surface area contributed by atoms with E-state index in [1.807, 2.05) is 18.7 Å². The van der Waals surface area contributed by atoms with Crippen LogP contribution < -0.4 is 4.90 Å². The molecule has 1 aromatic carbocycles. The van der Waals surface area contributed by atoms with Gasteiger partial charge < -0.3 is 10.0 Å². The monoisotopic (exact) mass is 345 g/mol. The van der Waals surface area contributed by atoms with E-state index in [1.54, 1.807) is 0 Å². The van der Waals surface area contributed by atoms with Gasteiger partial charge in [-0.05, 0) is 45.7 Å². The summed E-state index contributed by atoms with van der Waals surface area (Å²) in [6.07, 6.45) is 2.00. The number of rotatable bonds is 4. The molecular formula is C20H31N3O2. The van der Waals surface area contributed by atoms with E-state index >= 15 is 0 Å². The molecule has 138 valence electrons. The smallest absolute Gasteiger partial charge is 0.244 e. The number of carbonyl (C=O) groups is 1. The molecule has 2 saturated heterocycles. The lowest BCUT2D eigenvalue weighted by Crippen LogP contribution is -2.58. The van der Waals surface area contributed by atoms with Crippen molar-refractivity contribution in [1.29, 1.82) is 0 Å². The van der Waals surface area contributed by atoms with Crippen LogP contribution in [-0.4, -0.2) is 71.7 Å². The second-order valence-corrected chi connectivity index (χ2v) is 8.11. The fourth-order valence-electron chi connectivity index (χ4n) is 3.96. The zero-order valence-corrected chi connectivity index (χ0v) is 15.7. The number of benzene rings is 1. The Hall–Kier alpha value is -1.43. The largest absolute Gasteiger partial charge is 0.389 e. The maximum Gasteiger partial charge on any atom is 0.244 e. The van der Waals surface area contributed by atoms with E-state index in [2.05, 4.69) is 41.0 Å². The molecule has 2 aliphatic heterocycles. The van der Waals surface area contributed by atoms with E-state index < -0.39 is 5.60 Å². The highest BCUT2D eigenvalue weighted by atomic mass is 16.3. The van der Waals surface area contributed by atoms with Crippen LogP contribution in [0.5, 0.6) is 0 Å². The Kier molecular flexibility index (Phi) is 5.46. The summed E-state index contributed by atoms with van der Waals surface area (Å²) in [5.74, 6) is 0.242. The molecule has 1 aromatic rings. The first-order chi connectivity index (χ1) is 11.8. The molecule has 0 saturated carbocycles. The summed E-state index contributed by atoms with van der Waals surface area (Å²) >= 11 is 0. The minimum absolute atomic E-state index is 0.000611. The molecule has 5 nitrogen and oxygen atoms in total. The quantitative estimate of drug-likeness (QED) is 0.905. The Balaban J connectivity index is 1.61. The predicted molar refractivity (Wildman–Crippen MR) is 101 cm³/mol. The number of aliphatic hydroxyl groups is 1. The van der Waals surface area contributed by atoms with Crippen LogP contribution in [0, 0.1) is 6.92 Å². The van der Waals surface area contributed by atoms with Crippen LogP contribution in [0.1, 0.15) is 32.3 Å². The summed E-state index contributed by atoms with van der Waals surface area (Å²) in [6, 6.07) is 8.25. The summed E-state index contributed by atoms with van der Waals surface area (Å²) in [5, 5.41) is 9.99. The van der Waals surface area contributed by atoms with Gasteiger partial charge in [-0.25, -0.2) is 0 Å².